The van der Waals surface area contributed by atoms with Gasteiger partial charge in [-0.05, 0) is 41.5 Å². The van der Waals surface area contributed by atoms with E-state index in [0.29, 0.717) is 0 Å². The second-order valence-corrected chi connectivity index (χ2v) is 9.16. The molecule has 130 valence electrons. The predicted molar refractivity (Wildman–Crippen MR) is 81.6 cm³/mol. The lowest BCUT2D eigenvalue weighted by Gasteiger charge is -2.44. The zero-order valence-corrected chi connectivity index (χ0v) is 14.7. The molecule has 1 saturated heterocycles. The van der Waals surface area contributed by atoms with Crippen molar-refractivity contribution in [3.8, 4) is 0 Å². The van der Waals surface area contributed by atoms with Crippen molar-refractivity contribution in [1.29, 1.82) is 0 Å². The maximum absolute atomic E-state index is 13.2. The molecule has 1 aliphatic rings. The second kappa shape index (κ2) is 6.47. The van der Waals surface area contributed by atoms with Crippen molar-refractivity contribution in [2.24, 2.45) is 5.92 Å². The molecule has 1 heterocycles. The smallest absolute Gasteiger partial charge is 0.410 e. The highest BCUT2D eigenvalue weighted by molar-refractivity contribution is 7.98. The summed E-state index contributed by atoms with van der Waals surface area (Å²) in [7, 11) is 0. The fourth-order valence-electron chi connectivity index (χ4n) is 1.87. The van der Waals surface area contributed by atoms with Crippen LogP contribution in [0.1, 0.15) is 41.5 Å². The van der Waals surface area contributed by atoms with E-state index in [4.69, 9.17) is 4.74 Å². The molecule has 0 bridgehead atoms. The van der Waals surface area contributed by atoms with Gasteiger partial charge in [0.15, 0.2) is 0 Å². The van der Waals surface area contributed by atoms with Crippen molar-refractivity contribution in [2.45, 2.75) is 64.1 Å². The topological polar surface area (TPSA) is 41.6 Å². The van der Waals surface area contributed by atoms with Crippen molar-refractivity contribution in [2.75, 3.05) is 13.1 Å². The maximum atomic E-state index is 13.2. The highest BCUT2D eigenvalue weighted by Crippen LogP contribution is 2.34. The molecule has 1 fully saturated rings. The first-order valence-electron chi connectivity index (χ1n) is 7.17. The number of nitrogens with one attached hydrogen (secondary N) is 1. The van der Waals surface area contributed by atoms with Crippen molar-refractivity contribution < 1.29 is 22.7 Å². The number of alkyl halides is 3. The Morgan fingerprint density at radius 3 is 2.05 bits per heavy atom. The van der Waals surface area contributed by atoms with Gasteiger partial charge in [0.05, 0.1) is 0 Å². The van der Waals surface area contributed by atoms with E-state index in [9.17, 15) is 18.0 Å². The third-order valence-electron chi connectivity index (χ3n) is 2.88. The van der Waals surface area contributed by atoms with Crippen LogP contribution in [-0.4, -0.2) is 46.6 Å². The van der Waals surface area contributed by atoms with Crippen LogP contribution in [0.4, 0.5) is 18.0 Å². The predicted octanol–water partition coefficient (Wildman–Crippen LogP) is 3.82. The summed E-state index contributed by atoms with van der Waals surface area (Å²) in [4.78, 5) is 13.1. The van der Waals surface area contributed by atoms with Crippen LogP contribution in [0.15, 0.2) is 0 Å². The van der Waals surface area contributed by atoms with E-state index in [2.05, 4.69) is 4.72 Å². The summed E-state index contributed by atoms with van der Waals surface area (Å²) >= 11 is 1.06. The summed E-state index contributed by atoms with van der Waals surface area (Å²) in [6.45, 7) is 10.8. The van der Waals surface area contributed by atoms with Crippen molar-refractivity contribution in [3.63, 3.8) is 0 Å². The lowest BCUT2D eigenvalue weighted by Crippen LogP contribution is -2.61. The number of carbonyl (C=O) groups excluding carboxylic acids is 1. The molecular formula is C14H25F3N2O2S. The fourth-order valence-corrected chi connectivity index (χ4v) is 2.68. The van der Waals surface area contributed by atoms with Gasteiger partial charge in [0.2, 0.25) is 0 Å². The molecule has 0 aromatic heterocycles. The maximum Gasteiger partial charge on any atom is 0.410 e. The van der Waals surface area contributed by atoms with Crippen LogP contribution in [-0.2, 0) is 4.74 Å². The van der Waals surface area contributed by atoms with E-state index < -0.39 is 29.8 Å². The van der Waals surface area contributed by atoms with Crippen molar-refractivity contribution in [1.82, 2.24) is 9.62 Å². The van der Waals surface area contributed by atoms with Gasteiger partial charge in [-0.3, -0.25) is 4.72 Å². The third-order valence-corrected chi connectivity index (χ3v) is 3.86. The lowest BCUT2D eigenvalue weighted by atomic mass is 9.92. The number of amides is 1. The first-order chi connectivity index (χ1) is 9.69. The summed E-state index contributed by atoms with van der Waals surface area (Å²) in [5, 5.41) is 0. The summed E-state index contributed by atoms with van der Waals surface area (Å²) < 4.78 is 46.8. The molecule has 0 radical (unpaired) electrons. The number of hydrogen-bond donors (Lipinski definition) is 1. The molecule has 1 N–H and O–H groups in total. The Bertz CT molecular complexity index is 396. The van der Waals surface area contributed by atoms with Gasteiger partial charge in [-0.25, -0.2) is 4.79 Å². The van der Waals surface area contributed by atoms with Crippen molar-refractivity contribution >= 4 is 18.0 Å². The van der Waals surface area contributed by atoms with Gasteiger partial charge in [0.1, 0.15) is 11.6 Å². The second-order valence-electron chi connectivity index (χ2n) is 7.50. The molecule has 1 aliphatic heterocycles. The average molecular weight is 342 g/mol. The molecule has 8 heteroatoms. The molecule has 4 nitrogen and oxygen atoms in total. The van der Waals surface area contributed by atoms with E-state index in [1.54, 1.807) is 20.8 Å². The molecule has 0 aromatic rings. The average Bonchev–Trinajstić information content (AvgIpc) is 2.14. The van der Waals surface area contributed by atoms with E-state index in [-0.39, 0.29) is 17.8 Å². The Kier molecular flexibility index (Phi) is 5.71. The number of carbonyl (C=O) groups is 1. The first kappa shape index (κ1) is 19.4. The molecule has 1 rings (SSSR count). The number of halogens is 3. The van der Waals surface area contributed by atoms with Crippen LogP contribution in [0.25, 0.3) is 0 Å². The van der Waals surface area contributed by atoms with Gasteiger partial charge in [0.25, 0.3) is 0 Å². The van der Waals surface area contributed by atoms with Crippen LogP contribution in [0.3, 0.4) is 0 Å². The minimum absolute atomic E-state index is 0.0524. The van der Waals surface area contributed by atoms with Gasteiger partial charge in [-0.2, -0.15) is 13.2 Å². The van der Waals surface area contributed by atoms with E-state index in [0.717, 1.165) is 11.9 Å². The van der Waals surface area contributed by atoms with Crippen LogP contribution in [0.5, 0.6) is 0 Å². The number of nitrogens with zero attached hydrogens (tertiary/aromatic N) is 1. The van der Waals surface area contributed by atoms with Crippen molar-refractivity contribution in [3.05, 3.63) is 0 Å². The summed E-state index contributed by atoms with van der Waals surface area (Å²) in [5.41, 5.74) is -0.647. The lowest BCUT2D eigenvalue weighted by molar-refractivity contribution is -0.173. The Balaban J connectivity index is 2.57. The summed E-state index contributed by atoms with van der Waals surface area (Å²) in [6, 6.07) is -1.63. The summed E-state index contributed by atoms with van der Waals surface area (Å²) in [5.74, 6) is -0.651. The highest BCUT2D eigenvalue weighted by Gasteiger charge is 2.50. The summed E-state index contributed by atoms with van der Waals surface area (Å²) in [6.07, 6.45) is -4.91. The van der Waals surface area contributed by atoms with Gasteiger partial charge >= 0.3 is 12.3 Å². The highest BCUT2D eigenvalue weighted by atomic mass is 32.2. The molecule has 0 saturated carbocycles. The molecule has 1 amide bonds. The van der Waals surface area contributed by atoms with Crippen LogP contribution >= 0.6 is 11.9 Å². The molecule has 1 unspecified atom stereocenters. The Morgan fingerprint density at radius 2 is 1.68 bits per heavy atom. The number of ether oxygens (including phenoxy) is 1. The molecule has 0 aromatic carbocycles. The largest absolute Gasteiger partial charge is 0.444 e. The van der Waals surface area contributed by atoms with Crippen LogP contribution in [0.2, 0.25) is 0 Å². The van der Waals surface area contributed by atoms with E-state index in [1.165, 1.54) is 4.90 Å². The number of likely N-dealkylation sites (tertiary alicyclic amines) is 1. The Morgan fingerprint density at radius 1 is 1.18 bits per heavy atom. The van der Waals surface area contributed by atoms with Gasteiger partial charge < -0.3 is 9.64 Å². The molecule has 0 spiro atoms. The molecule has 1 atom stereocenters. The van der Waals surface area contributed by atoms with Crippen LogP contribution < -0.4 is 4.72 Å². The zero-order valence-electron chi connectivity index (χ0n) is 13.9. The van der Waals surface area contributed by atoms with E-state index in [1.807, 2.05) is 20.8 Å². The minimum Gasteiger partial charge on any atom is -0.444 e. The first-order valence-corrected chi connectivity index (χ1v) is 7.99. The monoisotopic (exact) mass is 342 g/mol. The third kappa shape index (κ3) is 6.24. The van der Waals surface area contributed by atoms with Gasteiger partial charge in [-0.1, -0.05) is 11.9 Å². The quantitative estimate of drug-likeness (QED) is 0.792. The molecular weight excluding hydrogens is 317 g/mol. The van der Waals surface area contributed by atoms with Gasteiger partial charge in [0, 0.05) is 23.8 Å². The zero-order chi connectivity index (χ0) is 17.3. The molecule has 0 aliphatic carbocycles. The number of rotatable bonds is 3. The standard InChI is InChI=1S/C14H25F3N2O2S/c1-12(2,3)21-11(20)19-7-9(8-19)10(14(15,16)17)18-22-13(4,5)6/h9-10,18H,7-8H2,1-6H3. The minimum atomic E-state index is -4.34. The SMILES string of the molecule is CC(C)(C)OC(=O)N1CC(C(NSC(C)(C)C)C(F)(F)F)C1. The van der Waals surface area contributed by atoms with Gasteiger partial charge in [-0.15, -0.1) is 0 Å². The fraction of sp³-hybridized carbons (Fsp3) is 0.929. The molecule has 22 heavy (non-hydrogen) atoms. The normalized spacial score (nSPS) is 18.9. The Hall–Kier alpha value is -0.630. The number of hydrogen-bond acceptors (Lipinski definition) is 4. The Labute approximate surface area is 134 Å². The van der Waals surface area contributed by atoms with Crippen LogP contribution in [0, 0.1) is 5.92 Å². The van der Waals surface area contributed by atoms with E-state index >= 15 is 0 Å².